The molecule has 45 heavy (non-hydrogen) atoms. The molecule has 4 heterocycles. The van der Waals surface area contributed by atoms with Crippen molar-refractivity contribution in [3.05, 3.63) is 143 Å². The molecule has 3 nitrogen and oxygen atoms in total. The van der Waals surface area contributed by atoms with E-state index < -0.39 is 0 Å². The fourth-order valence-electron chi connectivity index (χ4n) is 5.88. The van der Waals surface area contributed by atoms with Gasteiger partial charge in [0, 0.05) is 48.3 Å². The summed E-state index contributed by atoms with van der Waals surface area (Å²) in [7, 11) is 0. The third-order valence-corrected chi connectivity index (χ3v) is 9.04. The third-order valence-electron chi connectivity index (χ3n) is 7.98. The Labute approximate surface area is 281 Å². The van der Waals surface area contributed by atoms with Crippen LogP contribution in [0.3, 0.4) is 0 Å². The molecule has 8 rings (SSSR count). The van der Waals surface area contributed by atoms with Gasteiger partial charge in [-0.1, -0.05) is 59.5 Å². The van der Waals surface area contributed by atoms with Crippen LogP contribution in [0, 0.1) is 39.8 Å². The number of rotatable bonds is 3. The Balaban J connectivity index is 0.000000231. The van der Waals surface area contributed by atoms with Crippen molar-refractivity contribution in [3.63, 3.8) is 0 Å². The molecule has 1 radical (unpaired) electrons. The van der Waals surface area contributed by atoms with Gasteiger partial charge >= 0.3 is 0 Å². The molecule has 0 atom stereocenters. The first-order valence-corrected chi connectivity index (χ1v) is 15.5. The van der Waals surface area contributed by atoms with Crippen LogP contribution in [0.25, 0.3) is 65.7 Å². The minimum atomic E-state index is 0. The Bertz CT molecular complexity index is 2210. The molecule has 4 aromatic heterocycles. The summed E-state index contributed by atoms with van der Waals surface area (Å²) in [5, 5.41) is 3.49. The van der Waals surface area contributed by atoms with E-state index in [9.17, 15) is 0 Å². The molecular formula is C40H30IrN2OS-2. The molecule has 0 amide bonds. The van der Waals surface area contributed by atoms with Crippen LogP contribution in [0.1, 0.15) is 21.6 Å². The second kappa shape index (κ2) is 12.9. The van der Waals surface area contributed by atoms with Crippen LogP contribution in [-0.2, 0) is 20.1 Å². The van der Waals surface area contributed by atoms with Gasteiger partial charge in [-0.15, -0.1) is 65.4 Å². The molecule has 0 spiro atoms. The Morgan fingerprint density at radius 1 is 0.667 bits per heavy atom. The Morgan fingerprint density at radius 3 is 2.20 bits per heavy atom. The predicted molar refractivity (Wildman–Crippen MR) is 184 cm³/mol. The summed E-state index contributed by atoms with van der Waals surface area (Å²) in [5.74, 6) is 0. The molecule has 0 bridgehead atoms. The average Bonchev–Trinajstić information content (AvgIpc) is 3.63. The van der Waals surface area contributed by atoms with Gasteiger partial charge in [0.25, 0.3) is 0 Å². The van der Waals surface area contributed by atoms with Crippen LogP contribution in [0.4, 0.5) is 0 Å². The summed E-state index contributed by atoms with van der Waals surface area (Å²) in [4.78, 5) is 10.4. The van der Waals surface area contributed by atoms with Gasteiger partial charge in [-0.05, 0) is 78.9 Å². The third kappa shape index (κ3) is 5.87. The molecule has 8 aromatic rings. The van der Waals surface area contributed by atoms with Crippen molar-refractivity contribution in [2.45, 2.75) is 27.7 Å². The van der Waals surface area contributed by atoms with Gasteiger partial charge in [0.15, 0.2) is 0 Å². The van der Waals surface area contributed by atoms with E-state index in [4.69, 9.17) is 9.40 Å². The maximum Gasteiger partial charge on any atom is 0.138 e. The van der Waals surface area contributed by atoms with Crippen molar-refractivity contribution < 1.29 is 24.5 Å². The zero-order chi connectivity index (χ0) is 30.2. The SMILES string of the molecule is Cc1cc2ccc3c4cc[c-]c(-c5cc(C)c(-c6c(C)cccc6C)cn5)c4oc3c2s1.[Ir].[c-]1ccccc1-c1ccccn1. The second-order valence-electron chi connectivity index (χ2n) is 11.1. The normalized spacial score (nSPS) is 10.9. The van der Waals surface area contributed by atoms with Crippen LogP contribution in [0.2, 0.25) is 0 Å². The first-order chi connectivity index (χ1) is 21.5. The van der Waals surface area contributed by atoms with Gasteiger partial charge in [-0.25, -0.2) is 0 Å². The van der Waals surface area contributed by atoms with Gasteiger partial charge < -0.3 is 14.4 Å². The van der Waals surface area contributed by atoms with E-state index in [0.29, 0.717) is 0 Å². The van der Waals surface area contributed by atoms with Crippen LogP contribution >= 0.6 is 11.3 Å². The van der Waals surface area contributed by atoms with Crippen molar-refractivity contribution >= 4 is 43.4 Å². The van der Waals surface area contributed by atoms with Gasteiger partial charge in [-0.2, -0.15) is 0 Å². The number of nitrogens with zero attached hydrogens (tertiary/aromatic N) is 2. The fourth-order valence-corrected chi connectivity index (χ4v) is 6.88. The minimum absolute atomic E-state index is 0. The van der Waals surface area contributed by atoms with Crippen molar-refractivity contribution in [2.75, 3.05) is 0 Å². The quantitative estimate of drug-likeness (QED) is 0.168. The van der Waals surface area contributed by atoms with E-state index in [2.05, 4.69) is 93.3 Å². The van der Waals surface area contributed by atoms with E-state index in [1.165, 1.54) is 42.8 Å². The monoisotopic (exact) mass is 779 g/mol. The summed E-state index contributed by atoms with van der Waals surface area (Å²) < 4.78 is 7.70. The van der Waals surface area contributed by atoms with Crippen molar-refractivity contribution in [1.29, 1.82) is 0 Å². The molecule has 0 aliphatic rings. The Kier molecular flexibility index (Phi) is 8.78. The van der Waals surface area contributed by atoms with Gasteiger partial charge in [-0.3, -0.25) is 0 Å². The Hall–Kier alpha value is -4.41. The minimum Gasteiger partial charge on any atom is -0.499 e. The van der Waals surface area contributed by atoms with E-state index in [-0.39, 0.29) is 20.1 Å². The van der Waals surface area contributed by atoms with E-state index in [1.807, 2.05) is 54.7 Å². The maximum atomic E-state index is 6.50. The summed E-state index contributed by atoms with van der Waals surface area (Å²) in [5.41, 5.74) is 11.8. The molecule has 0 aliphatic carbocycles. The number of aromatic nitrogens is 2. The number of pyridine rings is 2. The standard InChI is InChI=1S/C29H22NOS.C11H8N.Ir/c1-16-7-5-8-17(2)26(16)24-15-30-25(13-18(24)3)23-10-6-9-21-22-12-11-20-14-19(4)32-29(20)28(22)31-27(21)23;1-2-6-10(7-3-1)11-8-4-5-9-12-11;/h5-9,11-15H,1-4H3;1-6,8-9H;/q2*-1;. The molecule has 0 aliphatic heterocycles. The topological polar surface area (TPSA) is 38.9 Å². The molecule has 0 saturated carbocycles. The van der Waals surface area contributed by atoms with Crippen LogP contribution < -0.4 is 0 Å². The smallest absolute Gasteiger partial charge is 0.138 e. The average molecular weight is 779 g/mol. The number of hydrogen-bond donors (Lipinski definition) is 0. The second-order valence-corrected chi connectivity index (χ2v) is 12.3. The first-order valence-electron chi connectivity index (χ1n) is 14.7. The number of aryl methyl sites for hydroxylation is 4. The van der Waals surface area contributed by atoms with Gasteiger partial charge in [0.05, 0.1) is 10.3 Å². The number of hydrogen-bond acceptors (Lipinski definition) is 4. The van der Waals surface area contributed by atoms with Crippen LogP contribution in [0.5, 0.6) is 0 Å². The van der Waals surface area contributed by atoms with Gasteiger partial charge in [0.1, 0.15) is 5.58 Å². The van der Waals surface area contributed by atoms with Crippen LogP contribution in [-0.4, -0.2) is 9.97 Å². The van der Waals surface area contributed by atoms with E-state index in [1.54, 1.807) is 17.5 Å². The molecule has 0 unspecified atom stereocenters. The zero-order valence-electron chi connectivity index (χ0n) is 25.4. The largest absolute Gasteiger partial charge is 0.499 e. The molecule has 4 aromatic carbocycles. The summed E-state index contributed by atoms with van der Waals surface area (Å²) in [6, 6.07) is 39.4. The van der Waals surface area contributed by atoms with E-state index in [0.717, 1.165) is 44.5 Å². The number of benzene rings is 4. The zero-order valence-corrected chi connectivity index (χ0v) is 28.6. The fraction of sp³-hybridized carbons (Fsp3) is 0.100. The van der Waals surface area contributed by atoms with Gasteiger partial charge in [0.2, 0.25) is 0 Å². The number of furan rings is 1. The molecule has 5 heteroatoms. The van der Waals surface area contributed by atoms with Crippen molar-refractivity contribution in [3.8, 4) is 33.6 Å². The predicted octanol–water partition coefficient (Wildman–Crippen LogP) is 11.1. The molecule has 0 fully saturated rings. The number of thiophene rings is 1. The molecular weight excluding hydrogens is 749 g/mol. The summed E-state index contributed by atoms with van der Waals surface area (Å²) in [6.07, 6.45) is 3.78. The summed E-state index contributed by atoms with van der Waals surface area (Å²) in [6.45, 7) is 8.61. The molecule has 0 saturated heterocycles. The first kappa shape index (κ1) is 30.6. The van der Waals surface area contributed by atoms with Crippen molar-refractivity contribution in [2.24, 2.45) is 0 Å². The molecule has 0 N–H and O–H groups in total. The van der Waals surface area contributed by atoms with Crippen LogP contribution in [0.15, 0.2) is 114 Å². The van der Waals surface area contributed by atoms with Crippen molar-refractivity contribution in [1.82, 2.24) is 9.97 Å². The Morgan fingerprint density at radius 2 is 1.47 bits per heavy atom. The molecule has 223 valence electrons. The van der Waals surface area contributed by atoms with E-state index >= 15 is 0 Å². The summed E-state index contributed by atoms with van der Waals surface area (Å²) >= 11 is 1.78. The number of fused-ring (bicyclic) bond motifs is 5. The maximum absolute atomic E-state index is 6.50.